The van der Waals surface area contributed by atoms with Crippen LogP contribution in [0.5, 0.6) is 0 Å². The Labute approximate surface area is 102 Å². The van der Waals surface area contributed by atoms with Crippen molar-refractivity contribution < 1.29 is 0 Å². The third-order valence-electron chi connectivity index (χ3n) is 3.38. The molecule has 0 saturated heterocycles. The number of hydrogen-bond acceptors (Lipinski definition) is 3. The molecule has 0 unspecified atom stereocenters. The Kier molecular flexibility index (Phi) is 3.64. The minimum atomic E-state index is 0.304. The van der Waals surface area contributed by atoms with E-state index >= 15 is 0 Å². The van der Waals surface area contributed by atoms with Crippen LogP contribution in [-0.2, 0) is 0 Å². The quantitative estimate of drug-likeness (QED) is 0.821. The van der Waals surface area contributed by atoms with Crippen molar-refractivity contribution in [3.63, 3.8) is 0 Å². The van der Waals surface area contributed by atoms with Crippen molar-refractivity contribution >= 4 is 17.4 Å². The lowest BCUT2D eigenvalue weighted by Crippen LogP contribution is -2.29. The Morgan fingerprint density at radius 2 is 2.12 bits per heavy atom. The molecule has 3 nitrogen and oxygen atoms in total. The van der Waals surface area contributed by atoms with Gasteiger partial charge < -0.3 is 5.32 Å². The van der Waals surface area contributed by atoms with Crippen LogP contribution in [0.15, 0.2) is 12.3 Å². The first-order valence-electron chi connectivity index (χ1n) is 5.90. The highest BCUT2D eigenvalue weighted by molar-refractivity contribution is 6.28. The summed E-state index contributed by atoms with van der Waals surface area (Å²) in [5.41, 5.74) is 0.412. The smallest absolute Gasteiger partial charge is 0.224 e. The number of nitrogens with zero attached hydrogens (tertiary/aromatic N) is 2. The molecule has 1 aromatic rings. The van der Waals surface area contributed by atoms with Crippen molar-refractivity contribution in [2.24, 2.45) is 5.41 Å². The fourth-order valence-electron chi connectivity index (χ4n) is 2.32. The molecule has 0 atom stereocenters. The Balaban J connectivity index is 1.91. The number of anilines is 1. The first-order chi connectivity index (χ1) is 7.68. The second kappa shape index (κ2) is 5.00. The van der Waals surface area contributed by atoms with Gasteiger partial charge in [-0.3, -0.25) is 0 Å². The summed E-state index contributed by atoms with van der Waals surface area (Å²) in [5.74, 6) is 0.826. The van der Waals surface area contributed by atoms with Crippen LogP contribution in [0.25, 0.3) is 0 Å². The number of hydrogen-bond donors (Lipinski definition) is 1. The summed E-state index contributed by atoms with van der Waals surface area (Å²) in [4.78, 5) is 8.00. The standard InChI is InChI=1S/C12H18ClN3/c1-12(6-3-2-4-7-12)9-15-10-5-8-14-11(13)16-10/h5,8H,2-4,6-7,9H2,1H3,(H,14,15,16). The van der Waals surface area contributed by atoms with Crippen LogP contribution < -0.4 is 5.32 Å². The van der Waals surface area contributed by atoms with E-state index < -0.39 is 0 Å². The molecule has 1 aliphatic carbocycles. The molecule has 0 spiro atoms. The highest BCUT2D eigenvalue weighted by Crippen LogP contribution is 2.35. The first-order valence-corrected chi connectivity index (χ1v) is 6.28. The predicted molar refractivity (Wildman–Crippen MR) is 66.7 cm³/mol. The van der Waals surface area contributed by atoms with E-state index in [1.54, 1.807) is 6.20 Å². The van der Waals surface area contributed by atoms with Crippen molar-refractivity contribution in [2.45, 2.75) is 39.0 Å². The summed E-state index contributed by atoms with van der Waals surface area (Å²) in [5, 5.41) is 3.66. The second-order valence-electron chi connectivity index (χ2n) is 4.94. The Bertz CT molecular complexity index is 348. The van der Waals surface area contributed by atoms with Crippen LogP contribution in [0.4, 0.5) is 5.82 Å². The highest BCUT2D eigenvalue weighted by atomic mass is 35.5. The molecular formula is C12H18ClN3. The lowest BCUT2D eigenvalue weighted by atomic mass is 9.76. The monoisotopic (exact) mass is 239 g/mol. The maximum atomic E-state index is 5.74. The molecule has 4 heteroatoms. The van der Waals surface area contributed by atoms with E-state index in [-0.39, 0.29) is 0 Å². The van der Waals surface area contributed by atoms with Crippen LogP contribution in [0.1, 0.15) is 39.0 Å². The third-order valence-corrected chi connectivity index (χ3v) is 3.57. The number of halogens is 1. The van der Waals surface area contributed by atoms with Gasteiger partial charge in [-0.2, -0.15) is 0 Å². The molecule has 0 aromatic carbocycles. The molecule has 0 amide bonds. The molecule has 1 heterocycles. The number of aromatic nitrogens is 2. The van der Waals surface area contributed by atoms with E-state index in [2.05, 4.69) is 22.2 Å². The molecule has 0 bridgehead atoms. The second-order valence-corrected chi connectivity index (χ2v) is 5.27. The van der Waals surface area contributed by atoms with Crippen LogP contribution in [0, 0.1) is 5.41 Å². The molecule has 1 aromatic heterocycles. The molecule has 16 heavy (non-hydrogen) atoms. The average Bonchev–Trinajstić information content (AvgIpc) is 2.28. The van der Waals surface area contributed by atoms with E-state index in [9.17, 15) is 0 Å². The fourth-order valence-corrected chi connectivity index (χ4v) is 2.47. The molecule has 2 rings (SSSR count). The fraction of sp³-hybridized carbons (Fsp3) is 0.667. The summed E-state index contributed by atoms with van der Waals surface area (Å²) in [7, 11) is 0. The summed E-state index contributed by atoms with van der Waals surface area (Å²) in [6, 6.07) is 1.86. The van der Waals surface area contributed by atoms with Crippen LogP contribution in [0.3, 0.4) is 0 Å². The van der Waals surface area contributed by atoms with Crippen molar-refractivity contribution in [3.8, 4) is 0 Å². The Hall–Kier alpha value is -0.830. The summed E-state index contributed by atoms with van der Waals surface area (Å²) < 4.78 is 0. The Morgan fingerprint density at radius 1 is 1.38 bits per heavy atom. The van der Waals surface area contributed by atoms with Gasteiger partial charge in [0.25, 0.3) is 0 Å². The third kappa shape index (κ3) is 3.08. The van der Waals surface area contributed by atoms with E-state index in [0.29, 0.717) is 10.7 Å². The van der Waals surface area contributed by atoms with E-state index in [4.69, 9.17) is 11.6 Å². The van der Waals surface area contributed by atoms with E-state index in [1.807, 2.05) is 6.07 Å². The van der Waals surface area contributed by atoms with Gasteiger partial charge in [0.1, 0.15) is 5.82 Å². The van der Waals surface area contributed by atoms with Crippen molar-refractivity contribution in [1.82, 2.24) is 9.97 Å². The Morgan fingerprint density at radius 3 is 2.81 bits per heavy atom. The lowest BCUT2D eigenvalue weighted by molar-refractivity contribution is 0.233. The SMILES string of the molecule is CC1(CNc2ccnc(Cl)n2)CCCCC1. The van der Waals surface area contributed by atoms with Gasteiger partial charge in [-0.25, -0.2) is 9.97 Å². The number of nitrogens with one attached hydrogen (secondary N) is 1. The predicted octanol–water partition coefficient (Wildman–Crippen LogP) is 3.51. The summed E-state index contributed by atoms with van der Waals surface area (Å²) >= 11 is 5.74. The van der Waals surface area contributed by atoms with Gasteiger partial charge in [-0.15, -0.1) is 0 Å². The van der Waals surface area contributed by atoms with E-state index in [1.165, 1.54) is 32.1 Å². The van der Waals surface area contributed by atoms with Crippen LogP contribution >= 0.6 is 11.6 Å². The van der Waals surface area contributed by atoms with Crippen molar-refractivity contribution in [3.05, 3.63) is 17.5 Å². The molecular weight excluding hydrogens is 222 g/mol. The van der Waals surface area contributed by atoms with Crippen molar-refractivity contribution in [2.75, 3.05) is 11.9 Å². The topological polar surface area (TPSA) is 37.8 Å². The van der Waals surface area contributed by atoms with Gasteiger partial charge in [-0.05, 0) is 35.9 Å². The van der Waals surface area contributed by atoms with Gasteiger partial charge in [0.05, 0.1) is 0 Å². The highest BCUT2D eigenvalue weighted by Gasteiger charge is 2.26. The zero-order chi connectivity index (χ0) is 11.4. The summed E-state index contributed by atoms with van der Waals surface area (Å²) in [6.07, 6.45) is 8.37. The summed E-state index contributed by atoms with van der Waals surface area (Å²) in [6.45, 7) is 3.32. The van der Waals surface area contributed by atoms with Gasteiger partial charge in [-0.1, -0.05) is 26.2 Å². The lowest BCUT2D eigenvalue weighted by Gasteiger charge is -2.33. The maximum absolute atomic E-state index is 5.74. The molecule has 1 N–H and O–H groups in total. The van der Waals surface area contributed by atoms with E-state index in [0.717, 1.165) is 12.4 Å². The molecule has 0 radical (unpaired) electrons. The van der Waals surface area contributed by atoms with Crippen molar-refractivity contribution in [1.29, 1.82) is 0 Å². The number of rotatable bonds is 3. The zero-order valence-corrected chi connectivity index (χ0v) is 10.4. The molecule has 88 valence electrons. The molecule has 1 saturated carbocycles. The first kappa shape index (κ1) is 11.6. The molecule has 1 fully saturated rings. The average molecular weight is 240 g/mol. The largest absolute Gasteiger partial charge is 0.369 e. The van der Waals surface area contributed by atoms with Crippen LogP contribution in [-0.4, -0.2) is 16.5 Å². The molecule has 0 aliphatic heterocycles. The normalized spacial score (nSPS) is 19.4. The minimum Gasteiger partial charge on any atom is -0.369 e. The van der Waals surface area contributed by atoms with Gasteiger partial charge in [0.2, 0.25) is 5.28 Å². The van der Waals surface area contributed by atoms with Gasteiger partial charge >= 0.3 is 0 Å². The van der Waals surface area contributed by atoms with Crippen LogP contribution in [0.2, 0.25) is 5.28 Å². The molecule has 1 aliphatic rings. The zero-order valence-electron chi connectivity index (χ0n) is 9.67. The van der Waals surface area contributed by atoms with Gasteiger partial charge in [0, 0.05) is 12.7 Å². The maximum Gasteiger partial charge on any atom is 0.224 e. The minimum absolute atomic E-state index is 0.304. The van der Waals surface area contributed by atoms with Gasteiger partial charge in [0.15, 0.2) is 0 Å².